The lowest BCUT2D eigenvalue weighted by molar-refractivity contribution is -0.142. The van der Waals surface area contributed by atoms with Crippen LogP contribution in [0.2, 0.25) is 0 Å². The predicted molar refractivity (Wildman–Crippen MR) is 277 cm³/mol. The first-order chi connectivity index (χ1) is 34.8. The third-order valence-corrected chi connectivity index (χ3v) is 13.4. The van der Waals surface area contributed by atoms with Crippen molar-refractivity contribution >= 4 is 58.3 Å². The lowest BCUT2D eigenvalue weighted by atomic mass is 9.64. The molecule has 388 valence electrons. The van der Waals surface area contributed by atoms with Gasteiger partial charge in [-0.05, 0) is 52.5 Å². The third kappa shape index (κ3) is 14.2. The Morgan fingerprint density at radius 1 is 0.534 bits per heavy atom. The number of carboxylic acids is 2. The molecule has 8 atom stereocenters. The topological polar surface area (TPSA) is 265 Å². The van der Waals surface area contributed by atoms with E-state index in [2.05, 4.69) is 36.9 Å². The highest BCUT2D eigenvalue weighted by Crippen LogP contribution is 2.42. The van der Waals surface area contributed by atoms with Crippen molar-refractivity contribution in [1.29, 1.82) is 0 Å². The molecule has 1 heterocycles. The maximum atomic E-state index is 15.1. The van der Waals surface area contributed by atoms with Crippen LogP contribution in [0.3, 0.4) is 0 Å². The van der Waals surface area contributed by atoms with Gasteiger partial charge < -0.3 is 47.1 Å². The molecule has 0 unspecified atom stereocenters. The quantitative estimate of drug-likeness (QED) is 0.0320. The Morgan fingerprint density at radius 3 is 1.44 bits per heavy atom. The van der Waals surface area contributed by atoms with Gasteiger partial charge in [0.05, 0.1) is 11.8 Å². The van der Waals surface area contributed by atoms with Crippen LogP contribution in [0.5, 0.6) is 0 Å². The van der Waals surface area contributed by atoms with Gasteiger partial charge in [0.15, 0.2) is 0 Å². The van der Waals surface area contributed by atoms with Crippen molar-refractivity contribution in [3.05, 3.63) is 144 Å². The Kier molecular flexibility index (Phi) is 20.0. The molecule has 0 saturated heterocycles. The van der Waals surface area contributed by atoms with E-state index in [0.29, 0.717) is 35.1 Å². The monoisotopic (exact) mass is 1000 g/mol. The zero-order valence-corrected chi connectivity index (χ0v) is 42.4. The number of hydrogen-bond donors (Lipinski definition) is 9. The first kappa shape index (κ1) is 56.1. The van der Waals surface area contributed by atoms with E-state index in [1.807, 2.05) is 129 Å². The van der Waals surface area contributed by atoms with Crippen LogP contribution in [0.25, 0.3) is 10.9 Å². The molecule has 0 radical (unpaired) electrons. The molecule has 4 aromatic carbocycles. The molecule has 0 spiro atoms. The van der Waals surface area contributed by atoms with E-state index in [0.717, 1.165) is 10.9 Å². The first-order valence-corrected chi connectivity index (χ1v) is 24.8. The van der Waals surface area contributed by atoms with Crippen LogP contribution >= 0.6 is 0 Å². The number of fused-ring (bicyclic) bond motifs is 1. The Labute approximate surface area is 426 Å². The van der Waals surface area contributed by atoms with Gasteiger partial charge in [0.25, 0.3) is 0 Å². The number of aromatic nitrogens is 1. The van der Waals surface area contributed by atoms with E-state index < -0.39 is 107 Å². The number of carbonyl (C=O) groups is 8. The molecule has 0 saturated carbocycles. The lowest BCUT2D eigenvalue weighted by Gasteiger charge is -2.42. The van der Waals surface area contributed by atoms with Gasteiger partial charge in [-0.15, -0.1) is 0 Å². The average molecular weight is 1000 g/mol. The maximum absolute atomic E-state index is 15.1. The number of nitrogens with one attached hydrogen (secondary N) is 7. The average Bonchev–Trinajstić information content (AvgIpc) is 3.78. The SMILES string of the molecule is CC[C@H](C)[C@H](NC(=O)[C@H](CC(=O)O)NC(=O)[C@H](CC(C)C)NC(=O)[C@H](NC(C)=O)C(c1ccccc1)(c1ccccc1)c1ccccc1)C(=O)N[C@H](C(=O)N[C@@H](Cc1c[nH]c2ccccc12)C(=O)O)[C@@H](C)CC. The van der Waals surface area contributed by atoms with Gasteiger partial charge in [0.1, 0.15) is 36.3 Å². The standard InChI is InChI=1S/C56H69N7O10/c1-8-34(5)47(52(69)61-45(55(72)73)30-37-32-57-42-28-20-19-27-41(37)42)63-53(70)48(35(6)9-2)62-51(68)44(31-46(65)66)59-50(67)43(29-33(3)4)60-54(71)49(58-36(7)64)56(38-21-13-10-14-22-38,39-23-15-11-16-24-39)40-25-17-12-18-26-40/h10-28,32-35,43-45,47-49,57H,8-9,29-31H2,1-7H3,(H,58,64)(H,59,67)(H,60,71)(H,61,69)(H,62,68)(H,63,70)(H,65,66)(H,72,73)/t34-,35-,43-,44-,45-,47-,48-,49-/m0/s1. The molecular weight excluding hydrogens is 931 g/mol. The summed E-state index contributed by atoms with van der Waals surface area (Å²) < 4.78 is 0. The molecule has 9 N–H and O–H groups in total. The molecule has 5 rings (SSSR count). The molecule has 73 heavy (non-hydrogen) atoms. The number of H-pyrrole nitrogens is 1. The maximum Gasteiger partial charge on any atom is 0.326 e. The fourth-order valence-corrected chi connectivity index (χ4v) is 9.17. The summed E-state index contributed by atoms with van der Waals surface area (Å²) in [4.78, 5) is 113. The summed E-state index contributed by atoms with van der Waals surface area (Å²) in [5.41, 5.74) is 2.07. The highest BCUT2D eigenvalue weighted by molar-refractivity contribution is 5.99. The van der Waals surface area contributed by atoms with Gasteiger partial charge in [0.2, 0.25) is 35.4 Å². The van der Waals surface area contributed by atoms with Crippen molar-refractivity contribution in [2.24, 2.45) is 17.8 Å². The Hall–Kier alpha value is -7.82. The summed E-state index contributed by atoms with van der Waals surface area (Å²) in [7, 11) is 0. The van der Waals surface area contributed by atoms with E-state index in [4.69, 9.17) is 0 Å². The minimum absolute atomic E-state index is 0.0300. The largest absolute Gasteiger partial charge is 0.481 e. The van der Waals surface area contributed by atoms with Crippen LogP contribution in [-0.4, -0.2) is 98.8 Å². The normalized spacial score (nSPS) is 14.7. The van der Waals surface area contributed by atoms with E-state index in [1.165, 1.54) is 6.92 Å². The van der Waals surface area contributed by atoms with Crippen molar-refractivity contribution in [2.45, 2.75) is 122 Å². The molecule has 17 heteroatoms. The third-order valence-electron chi connectivity index (χ3n) is 13.4. The van der Waals surface area contributed by atoms with E-state index in [-0.39, 0.29) is 18.8 Å². The van der Waals surface area contributed by atoms with Crippen LogP contribution in [0.1, 0.15) is 96.4 Å². The van der Waals surface area contributed by atoms with Crippen molar-refractivity contribution < 1.29 is 48.6 Å². The first-order valence-electron chi connectivity index (χ1n) is 24.8. The summed E-state index contributed by atoms with van der Waals surface area (Å²) in [5.74, 6) is -8.79. The summed E-state index contributed by atoms with van der Waals surface area (Å²) in [6, 6.07) is 26.4. The molecule has 1 aromatic heterocycles. The zero-order valence-electron chi connectivity index (χ0n) is 42.4. The highest BCUT2D eigenvalue weighted by atomic mass is 16.4. The number of rotatable bonds is 26. The summed E-state index contributed by atoms with van der Waals surface area (Å²) >= 11 is 0. The Balaban J connectivity index is 1.42. The van der Waals surface area contributed by atoms with Gasteiger partial charge in [-0.2, -0.15) is 0 Å². The van der Waals surface area contributed by atoms with Crippen molar-refractivity contribution in [3.8, 4) is 0 Å². The number of aliphatic carboxylic acids is 2. The fraction of sp³-hybridized carbons (Fsp3) is 0.393. The molecule has 0 aliphatic heterocycles. The number of carboxylic acid groups (broad SMARTS) is 2. The summed E-state index contributed by atoms with van der Waals surface area (Å²) in [6.45, 7) is 11.9. The Morgan fingerprint density at radius 2 is 0.973 bits per heavy atom. The van der Waals surface area contributed by atoms with E-state index >= 15 is 4.79 Å². The molecule has 5 aromatic rings. The smallest absolute Gasteiger partial charge is 0.326 e. The number of hydrogen-bond acceptors (Lipinski definition) is 8. The molecule has 0 bridgehead atoms. The minimum atomic E-state index is -1.76. The van der Waals surface area contributed by atoms with Gasteiger partial charge in [-0.1, -0.05) is 164 Å². The number of aromatic amines is 1. The highest BCUT2D eigenvalue weighted by Gasteiger charge is 2.49. The summed E-state index contributed by atoms with van der Waals surface area (Å²) in [5, 5.41) is 37.3. The minimum Gasteiger partial charge on any atom is -0.481 e. The van der Waals surface area contributed by atoms with Crippen LogP contribution in [0, 0.1) is 17.8 Å². The van der Waals surface area contributed by atoms with Crippen LogP contribution in [0.15, 0.2) is 121 Å². The second kappa shape index (κ2) is 26.0. The zero-order chi connectivity index (χ0) is 53.4. The molecule has 0 aliphatic rings. The van der Waals surface area contributed by atoms with Crippen molar-refractivity contribution in [1.82, 2.24) is 36.9 Å². The Bertz CT molecular complexity index is 2600. The van der Waals surface area contributed by atoms with Gasteiger partial charge in [-0.25, -0.2) is 4.79 Å². The van der Waals surface area contributed by atoms with Crippen LogP contribution < -0.4 is 31.9 Å². The number of amides is 6. The second-order valence-electron chi connectivity index (χ2n) is 19.1. The van der Waals surface area contributed by atoms with Gasteiger partial charge >= 0.3 is 11.9 Å². The van der Waals surface area contributed by atoms with Gasteiger partial charge in [0, 0.05) is 30.4 Å². The van der Waals surface area contributed by atoms with Crippen molar-refractivity contribution in [2.75, 3.05) is 0 Å². The predicted octanol–water partition coefficient (Wildman–Crippen LogP) is 5.37. The molecule has 0 aliphatic carbocycles. The number of carbonyl (C=O) groups excluding carboxylic acids is 6. The summed E-state index contributed by atoms with van der Waals surface area (Å²) in [6.07, 6.45) is 1.49. The van der Waals surface area contributed by atoms with Crippen LogP contribution in [-0.2, 0) is 50.2 Å². The molecule has 17 nitrogen and oxygen atoms in total. The fourth-order valence-electron chi connectivity index (χ4n) is 9.17. The number of para-hydroxylation sites is 1. The lowest BCUT2D eigenvalue weighted by Crippen LogP contribution is -2.63. The van der Waals surface area contributed by atoms with E-state index in [9.17, 15) is 43.8 Å². The second-order valence-corrected chi connectivity index (χ2v) is 19.1. The number of benzene rings is 4. The van der Waals surface area contributed by atoms with Crippen molar-refractivity contribution in [3.63, 3.8) is 0 Å². The molecular formula is C56H69N7O10. The van der Waals surface area contributed by atoms with E-state index in [1.54, 1.807) is 33.9 Å². The van der Waals surface area contributed by atoms with Gasteiger partial charge in [-0.3, -0.25) is 33.6 Å². The molecule has 6 amide bonds. The molecule has 0 fully saturated rings. The van der Waals surface area contributed by atoms with Crippen LogP contribution in [0.4, 0.5) is 0 Å².